The molecule has 3 nitrogen and oxygen atoms in total. The van der Waals surface area contributed by atoms with Crippen molar-refractivity contribution in [2.75, 3.05) is 6.54 Å². The molecule has 1 heterocycles. The minimum absolute atomic E-state index is 0.0461. The molecule has 19 heavy (non-hydrogen) atoms. The Morgan fingerprint density at radius 1 is 1.32 bits per heavy atom. The second kappa shape index (κ2) is 6.00. The van der Waals surface area contributed by atoms with Crippen LogP contribution >= 0.6 is 0 Å². The maximum absolute atomic E-state index is 12.1. The summed E-state index contributed by atoms with van der Waals surface area (Å²) in [6, 6.07) is 10.2. The van der Waals surface area contributed by atoms with Gasteiger partial charge in [-0.3, -0.25) is 4.79 Å². The number of benzene rings is 1. The molecule has 1 fully saturated rings. The lowest BCUT2D eigenvalue weighted by atomic mass is 9.96. The van der Waals surface area contributed by atoms with Crippen molar-refractivity contribution in [3.63, 3.8) is 0 Å². The molecule has 0 aromatic heterocycles. The van der Waals surface area contributed by atoms with E-state index in [4.69, 9.17) is 0 Å². The van der Waals surface area contributed by atoms with Crippen LogP contribution in [-0.4, -0.2) is 23.6 Å². The van der Waals surface area contributed by atoms with Crippen molar-refractivity contribution in [3.8, 4) is 0 Å². The van der Waals surface area contributed by atoms with E-state index in [0.29, 0.717) is 12.3 Å². The van der Waals surface area contributed by atoms with Gasteiger partial charge >= 0.3 is 0 Å². The van der Waals surface area contributed by atoms with Crippen LogP contribution in [0.4, 0.5) is 0 Å². The average Bonchev–Trinajstić information content (AvgIpc) is 2.79. The summed E-state index contributed by atoms with van der Waals surface area (Å²) in [5, 5.41) is 0. The normalized spacial score (nSPS) is 22.3. The van der Waals surface area contributed by atoms with Gasteiger partial charge < -0.3 is 9.69 Å². The molecule has 0 aliphatic carbocycles. The van der Waals surface area contributed by atoms with Gasteiger partial charge in [0, 0.05) is 18.9 Å². The van der Waals surface area contributed by atoms with Crippen molar-refractivity contribution in [3.05, 3.63) is 35.9 Å². The van der Waals surface area contributed by atoms with Crippen molar-refractivity contribution in [2.45, 2.75) is 32.7 Å². The van der Waals surface area contributed by atoms with E-state index < -0.39 is 0 Å². The van der Waals surface area contributed by atoms with E-state index in [2.05, 4.69) is 19.1 Å². The second-order valence-electron chi connectivity index (χ2n) is 5.55. The molecule has 1 saturated heterocycles. The Labute approximate surface area is 114 Å². The first-order valence-electron chi connectivity index (χ1n) is 6.91. The monoisotopic (exact) mass is 259 g/mol. The molecule has 2 rings (SSSR count). The Morgan fingerprint density at radius 2 is 2.00 bits per heavy atom. The van der Waals surface area contributed by atoms with Crippen LogP contribution in [0.1, 0.15) is 38.3 Å². The number of carbonyl (C=O) groups is 2. The summed E-state index contributed by atoms with van der Waals surface area (Å²) in [7, 11) is 0. The maximum atomic E-state index is 12.1. The number of hydrogen-bond donors (Lipinski definition) is 0. The van der Waals surface area contributed by atoms with Gasteiger partial charge in [0.25, 0.3) is 0 Å². The van der Waals surface area contributed by atoms with Crippen molar-refractivity contribution >= 4 is 12.2 Å². The average molecular weight is 259 g/mol. The van der Waals surface area contributed by atoms with Crippen LogP contribution in [0.15, 0.2) is 30.3 Å². The van der Waals surface area contributed by atoms with E-state index in [-0.39, 0.29) is 17.9 Å². The smallest absolute Gasteiger partial charge is 0.223 e. The molecular formula is C16H21NO2. The van der Waals surface area contributed by atoms with Crippen LogP contribution in [0.3, 0.4) is 0 Å². The predicted octanol–water partition coefficient (Wildman–Crippen LogP) is 2.82. The van der Waals surface area contributed by atoms with Gasteiger partial charge in [-0.2, -0.15) is 0 Å². The molecule has 0 N–H and O–H groups in total. The lowest BCUT2D eigenvalue weighted by molar-refractivity contribution is -0.129. The highest BCUT2D eigenvalue weighted by Crippen LogP contribution is 2.31. The molecule has 1 aliphatic rings. The van der Waals surface area contributed by atoms with Gasteiger partial charge in [-0.25, -0.2) is 0 Å². The quantitative estimate of drug-likeness (QED) is 0.762. The topological polar surface area (TPSA) is 37.4 Å². The zero-order chi connectivity index (χ0) is 13.8. The first-order valence-corrected chi connectivity index (χ1v) is 6.91. The van der Waals surface area contributed by atoms with Gasteiger partial charge in [-0.1, -0.05) is 37.3 Å². The summed E-state index contributed by atoms with van der Waals surface area (Å²) in [5.74, 6) is 0.572. The van der Waals surface area contributed by atoms with E-state index in [1.54, 1.807) is 0 Å². The maximum Gasteiger partial charge on any atom is 0.223 e. The van der Waals surface area contributed by atoms with Crippen LogP contribution in [0, 0.1) is 11.8 Å². The Kier molecular flexibility index (Phi) is 4.35. The second-order valence-corrected chi connectivity index (χ2v) is 5.55. The number of rotatable bonds is 5. The van der Waals surface area contributed by atoms with Crippen LogP contribution in [-0.2, 0) is 9.59 Å². The van der Waals surface area contributed by atoms with Gasteiger partial charge in [-0.15, -0.1) is 0 Å². The molecule has 1 aromatic rings. The molecular weight excluding hydrogens is 238 g/mol. The summed E-state index contributed by atoms with van der Waals surface area (Å²) in [4.78, 5) is 24.8. The van der Waals surface area contributed by atoms with Crippen LogP contribution in [0.2, 0.25) is 0 Å². The minimum Gasteiger partial charge on any atom is -0.336 e. The van der Waals surface area contributed by atoms with Crippen molar-refractivity contribution in [1.82, 2.24) is 4.90 Å². The molecule has 0 saturated carbocycles. The fourth-order valence-electron chi connectivity index (χ4n) is 2.83. The molecule has 3 unspecified atom stereocenters. The van der Waals surface area contributed by atoms with E-state index in [1.165, 1.54) is 5.56 Å². The highest BCUT2D eigenvalue weighted by molar-refractivity contribution is 5.79. The lowest BCUT2D eigenvalue weighted by Gasteiger charge is -2.25. The fourth-order valence-corrected chi connectivity index (χ4v) is 2.83. The Hall–Kier alpha value is -1.64. The third-order valence-electron chi connectivity index (χ3n) is 3.93. The number of amides is 1. The van der Waals surface area contributed by atoms with Gasteiger partial charge in [-0.05, 0) is 24.8 Å². The van der Waals surface area contributed by atoms with E-state index in [1.807, 2.05) is 30.0 Å². The third kappa shape index (κ3) is 3.22. The summed E-state index contributed by atoms with van der Waals surface area (Å²) >= 11 is 0. The summed E-state index contributed by atoms with van der Waals surface area (Å²) in [6.07, 6.45) is 2.37. The Bertz CT molecular complexity index is 443. The molecule has 0 bridgehead atoms. The van der Waals surface area contributed by atoms with E-state index in [9.17, 15) is 9.59 Å². The van der Waals surface area contributed by atoms with Crippen molar-refractivity contribution < 1.29 is 9.59 Å². The Morgan fingerprint density at radius 3 is 2.63 bits per heavy atom. The number of carbonyl (C=O) groups excluding carboxylic acids is 2. The summed E-state index contributed by atoms with van der Waals surface area (Å²) < 4.78 is 0. The van der Waals surface area contributed by atoms with Crippen LogP contribution < -0.4 is 0 Å². The van der Waals surface area contributed by atoms with Gasteiger partial charge in [0.05, 0.1) is 6.04 Å². The predicted molar refractivity (Wildman–Crippen MR) is 74.5 cm³/mol. The minimum atomic E-state index is 0.0461. The van der Waals surface area contributed by atoms with Crippen molar-refractivity contribution in [2.24, 2.45) is 11.8 Å². The number of nitrogens with zero attached hydrogens (tertiary/aromatic N) is 1. The molecule has 1 aliphatic heterocycles. The number of likely N-dealkylation sites (tertiary alicyclic amines) is 1. The van der Waals surface area contributed by atoms with Gasteiger partial charge in [0.2, 0.25) is 5.91 Å². The third-order valence-corrected chi connectivity index (χ3v) is 3.93. The molecule has 1 amide bonds. The van der Waals surface area contributed by atoms with Gasteiger partial charge in [0.15, 0.2) is 0 Å². The number of aldehydes is 1. The van der Waals surface area contributed by atoms with Gasteiger partial charge in [0.1, 0.15) is 6.29 Å². The molecule has 3 heteroatoms. The molecule has 1 aromatic carbocycles. The zero-order valence-electron chi connectivity index (χ0n) is 11.6. The highest BCUT2D eigenvalue weighted by Gasteiger charge is 2.33. The summed E-state index contributed by atoms with van der Waals surface area (Å²) in [5.41, 5.74) is 1.17. The Balaban J connectivity index is 2.02. The highest BCUT2D eigenvalue weighted by atomic mass is 16.2. The zero-order valence-corrected chi connectivity index (χ0v) is 11.6. The van der Waals surface area contributed by atoms with E-state index in [0.717, 1.165) is 19.3 Å². The molecule has 0 spiro atoms. The van der Waals surface area contributed by atoms with E-state index >= 15 is 0 Å². The largest absolute Gasteiger partial charge is 0.336 e. The number of hydrogen-bond acceptors (Lipinski definition) is 2. The molecule has 102 valence electrons. The standard InChI is InChI=1S/C16H21NO2/c1-12(11-18)8-14-9-16(19)17(10-14)13(2)15-6-4-3-5-7-15/h3-7,11-14H,8-10H2,1-2H3. The molecule has 3 atom stereocenters. The molecule has 0 radical (unpaired) electrons. The van der Waals surface area contributed by atoms with Crippen LogP contribution in [0.5, 0.6) is 0 Å². The first-order chi connectivity index (χ1) is 9.11. The SMILES string of the molecule is CC(C=O)CC1CC(=O)N(C(C)c2ccccc2)C1. The first kappa shape index (κ1) is 13.8. The van der Waals surface area contributed by atoms with Crippen molar-refractivity contribution in [1.29, 1.82) is 0 Å². The fraction of sp³-hybridized carbons (Fsp3) is 0.500. The summed E-state index contributed by atoms with van der Waals surface area (Å²) in [6.45, 7) is 4.76. The lowest BCUT2D eigenvalue weighted by Crippen LogP contribution is -2.28. The van der Waals surface area contributed by atoms with Crippen LogP contribution in [0.25, 0.3) is 0 Å².